The van der Waals surface area contributed by atoms with E-state index in [0.29, 0.717) is 0 Å². The number of benzene rings is 1. The molecule has 1 aliphatic heterocycles. The van der Waals surface area contributed by atoms with Crippen molar-refractivity contribution in [1.82, 2.24) is 4.90 Å². The fraction of sp³-hybridized carbons (Fsp3) is 0.267. The van der Waals surface area contributed by atoms with Crippen LogP contribution < -0.4 is 5.32 Å². The number of para-hydroxylation sites is 1. The maximum Gasteiger partial charge on any atom is 0.323 e. The number of amides is 2. The monoisotopic (exact) mass is 288 g/mol. The van der Waals surface area contributed by atoms with Gasteiger partial charge in [-0.3, -0.25) is 0 Å². The molecule has 0 unspecified atom stereocenters. The van der Waals surface area contributed by atoms with Crippen LogP contribution in [0.25, 0.3) is 0 Å². The smallest absolute Gasteiger partial charge is 0.323 e. The first-order valence-electron chi connectivity index (χ1n) is 6.54. The lowest BCUT2D eigenvalue weighted by Crippen LogP contribution is -2.34. The van der Waals surface area contributed by atoms with Gasteiger partial charge in [0.25, 0.3) is 0 Å². The molecule has 5 heteroatoms. The summed E-state index contributed by atoms with van der Waals surface area (Å²) >= 11 is 1.72. The molecule has 1 fully saturated rings. The van der Waals surface area contributed by atoms with Gasteiger partial charge in [-0.2, -0.15) is 0 Å². The highest BCUT2D eigenvalue weighted by Gasteiger charge is 2.32. The summed E-state index contributed by atoms with van der Waals surface area (Å²) in [6.07, 6.45) is 1.64. The molecule has 3 rings (SSSR count). The van der Waals surface area contributed by atoms with Crippen molar-refractivity contribution in [3.8, 4) is 0 Å². The number of carbonyl (C=O) groups excluding carboxylic acids is 1. The van der Waals surface area contributed by atoms with Crippen LogP contribution in [-0.4, -0.2) is 23.2 Å². The summed E-state index contributed by atoms with van der Waals surface area (Å²) in [6, 6.07) is 11.5. The van der Waals surface area contributed by atoms with Crippen molar-refractivity contribution in [2.75, 3.05) is 17.6 Å². The van der Waals surface area contributed by atoms with Crippen molar-refractivity contribution in [2.45, 2.75) is 12.3 Å². The minimum absolute atomic E-state index is 0.0333. The summed E-state index contributed by atoms with van der Waals surface area (Å²) in [5.74, 6) is 1.75. The van der Waals surface area contributed by atoms with Gasteiger partial charge in [-0.05, 0) is 30.7 Å². The topological polar surface area (TPSA) is 45.5 Å². The number of thioether (sulfide) groups is 1. The van der Waals surface area contributed by atoms with Gasteiger partial charge in [0.1, 0.15) is 11.1 Å². The molecule has 1 N–H and O–H groups in total. The van der Waals surface area contributed by atoms with E-state index in [-0.39, 0.29) is 11.4 Å². The lowest BCUT2D eigenvalue weighted by molar-refractivity contribution is 0.209. The zero-order valence-electron chi connectivity index (χ0n) is 11.2. The molecule has 0 aliphatic carbocycles. The number of carbonyl (C=O) groups is 1. The highest BCUT2D eigenvalue weighted by Crippen LogP contribution is 2.38. The summed E-state index contributed by atoms with van der Waals surface area (Å²) in [5.41, 5.74) is 1.91. The van der Waals surface area contributed by atoms with Gasteiger partial charge >= 0.3 is 6.03 Å². The molecule has 2 heterocycles. The minimum Gasteiger partial charge on any atom is -0.466 e. The van der Waals surface area contributed by atoms with Crippen LogP contribution in [0.5, 0.6) is 0 Å². The number of aryl methyl sites for hydroxylation is 1. The van der Waals surface area contributed by atoms with Crippen LogP contribution in [0.1, 0.15) is 16.7 Å². The molecule has 0 radical (unpaired) electrons. The maximum absolute atomic E-state index is 12.4. The fourth-order valence-corrected chi connectivity index (χ4v) is 3.45. The highest BCUT2D eigenvalue weighted by molar-refractivity contribution is 7.99. The summed E-state index contributed by atoms with van der Waals surface area (Å²) < 4.78 is 5.43. The zero-order valence-corrected chi connectivity index (χ0v) is 12.0. The SMILES string of the molecule is Cc1ccccc1NC(=O)N1CCS[C@H]1c1ccco1. The molecule has 0 saturated carbocycles. The first-order valence-corrected chi connectivity index (χ1v) is 7.59. The fourth-order valence-electron chi connectivity index (χ4n) is 2.25. The standard InChI is InChI=1S/C15H16N2O2S/c1-11-5-2-3-6-12(11)16-15(18)17-8-10-20-14(17)13-7-4-9-19-13/h2-7,9,14H,8,10H2,1H3,(H,16,18)/t14-/m0/s1. The van der Waals surface area contributed by atoms with Crippen molar-refractivity contribution in [3.63, 3.8) is 0 Å². The predicted molar refractivity (Wildman–Crippen MR) is 80.8 cm³/mol. The second-order valence-electron chi connectivity index (χ2n) is 4.68. The molecule has 2 aromatic rings. The Morgan fingerprint density at radius 3 is 2.95 bits per heavy atom. The molecular formula is C15H16N2O2S. The molecular weight excluding hydrogens is 272 g/mol. The van der Waals surface area contributed by atoms with Crippen molar-refractivity contribution < 1.29 is 9.21 Å². The van der Waals surface area contributed by atoms with Crippen molar-refractivity contribution in [1.29, 1.82) is 0 Å². The van der Waals surface area contributed by atoms with Crippen LogP contribution in [-0.2, 0) is 0 Å². The van der Waals surface area contributed by atoms with Crippen molar-refractivity contribution >= 4 is 23.5 Å². The molecule has 1 aliphatic rings. The molecule has 1 saturated heterocycles. The zero-order chi connectivity index (χ0) is 13.9. The molecule has 4 nitrogen and oxygen atoms in total. The Hall–Kier alpha value is -1.88. The number of urea groups is 1. The Labute approximate surface area is 122 Å². The van der Waals surface area contributed by atoms with Crippen molar-refractivity contribution in [3.05, 3.63) is 54.0 Å². The third-order valence-corrected chi connectivity index (χ3v) is 4.55. The Balaban J connectivity index is 1.75. The molecule has 1 atom stereocenters. The van der Waals surface area contributed by atoms with E-state index in [9.17, 15) is 4.79 Å². The Morgan fingerprint density at radius 1 is 1.35 bits per heavy atom. The van der Waals surface area contributed by atoms with Gasteiger partial charge in [0, 0.05) is 18.0 Å². The van der Waals surface area contributed by atoms with Gasteiger partial charge < -0.3 is 14.6 Å². The second kappa shape index (κ2) is 5.63. The summed E-state index contributed by atoms with van der Waals surface area (Å²) in [4.78, 5) is 14.2. The first kappa shape index (κ1) is 13.1. The normalized spacial score (nSPS) is 18.2. The maximum atomic E-state index is 12.4. The number of nitrogens with zero attached hydrogens (tertiary/aromatic N) is 1. The summed E-state index contributed by atoms with van der Waals surface area (Å²) in [6.45, 7) is 2.71. The lowest BCUT2D eigenvalue weighted by atomic mass is 10.2. The van der Waals surface area contributed by atoms with E-state index < -0.39 is 0 Å². The van der Waals surface area contributed by atoms with Gasteiger partial charge in [0.05, 0.1) is 6.26 Å². The van der Waals surface area contributed by atoms with Gasteiger partial charge in [0.15, 0.2) is 0 Å². The van der Waals surface area contributed by atoms with E-state index in [1.807, 2.05) is 48.2 Å². The average molecular weight is 288 g/mol. The van der Waals surface area contributed by atoms with E-state index in [0.717, 1.165) is 29.3 Å². The van der Waals surface area contributed by atoms with E-state index in [4.69, 9.17) is 4.42 Å². The second-order valence-corrected chi connectivity index (χ2v) is 5.87. The number of nitrogens with one attached hydrogen (secondary N) is 1. The van der Waals surface area contributed by atoms with Crippen LogP contribution in [0.4, 0.5) is 10.5 Å². The van der Waals surface area contributed by atoms with E-state index >= 15 is 0 Å². The molecule has 1 aromatic carbocycles. The molecule has 2 amide bonds. The van der Waals surface area contributed by atoms with E-state index in [1.54, 1.807) is 18.0 Å². The van der Waals surface area contributed by atoms with Crippen LogP contribution >= 0.6 is 11.8 Å². The molecule has 104 valence electrons. The largest absolute Gasteiger partial charge is 0.466 e. The van der Waals surface area contributed by atoms with Crippen LogP contribution in [0.15, 0.2) is 47.1 Å². The lowest BCUT2D eigenvalue weighted by Gasteiger charge is -2.23. The average Bonchev–Trinajstić information content (AvgIpc) is 3.11. The van der Waals surface area contributed by atoms with Crippen molar-refractivity contribution in [2.24, 2.45) is 0 Å². The minimum atomic E-state index is -0.0781. The quantitative estimate of drug-likeness (QED) is 0.912. The Bertz CT molecular complexity index is 598. The Morgan fingerprint density at radius 2 is 2.20 bits per heavy atom. The third kappa shape index (κ3) is 2.54. The summed E-state index contributed by atoms with van der Waals surface area (Å²) in [7, 11) is 0. The number of rotatable bonds is 2. The van der Waals surface area contributed by atoms with Gasteiger partial charge in [0.2, 0.25) is 0 Å². The molecule has 20 heavy (non-hydrogen) atoms. The molecule has 0 spiro atoms. The van der Waals surface area contributed by atoms with E-state index in [1.165, 1.54) is 0 Å². The first-order chi connectivity index (χ1) is 9.75. The van der Waals surface area contributed by atoms with Gasteiger partial charge in [-0.15, -0.1) is 11.8 Å². The van der Waals surface area contributed by atoms with E-state index in [2.05, 4.69) is 5.32 Å². The molecule has 0 bridgehead atoms. The number of hydrogen-bond acceptors (Lipinski definition) is 3. The predicted octanol–water partition coefficient (Wildman–Crippen LogP) is 3.87. The van der Waals surface area contributed by atoms with Crippen LogP contribution in [0.2, 0.25) is 0 Å². The van der Waals surface area contributed by atoms with Crippen LogP contribution in [0, 0.1) is 6.92 Å². The van der Waals surface area contributed by atoms with Gasteiger partial charge in [-0.1, -0.05) is 18.2 Å². The van der Waals surface area contributed by atoms with Crippen LogP contribution in [0.3, 0.4) is 0 Å². The number of anilines is 1. The number of hydrogen-bond donors (Lipinski definition) is 1. The molecule has 1 aromatic heterocycles. The number of furan rings is 1. The Kier molecular flexibility index (Phi) is 3.69. The van der Waals surface area contributed by atoms with Gasteiger partial charge in [-0.25, -0.2) is 4.79 Å². The third-order valence-electron chi connectivity index (χ3n) is 3.33. The highest BCUT2D eigenvalue weighted by atomic mass is 32.2. The summed E-state index contributed by atoms with van der Waals surface area (Å²) in [5, 5.41) is 2.94.